The molecule has 5 nitrogen and oxygen atoms in total. The molecule has 0 saturated carbocycles. The molecular formula is C22H26N4O. The van der Waals surface area contributed by atoms with Crippen molar-refractivity contribution >= 4 is 16.7 Å². The molecule has 0 atom stereocenters. The lowest BCUT2D eigenvalue weighted by Gasteiger charge is -2.44. The van der Waals surface area contributed by atoms with E-state index in [1.807, 2.05) is 6.92 Å². The molecule has 2 aromatic heterocycles. The largest absolute Gasteiger partial charge is 0.368 e. The number of hydrogen-bond donors (Lipinski definition) is 1. The molecule has 5 heteroatoms. The molecule has 5 rings (SSSR count). The molecule has 3 aromatic rings. The van der Waals surface area contributed by atoms with E-state index in [0.29, 0.717) is 0 Å². The van der Waals surface area contributed by atoms with Crippen LogP contribution in [0.15, 0.2) is 24.3 Å². The lowest BCUT2D eigenvalue weighted by atomic mass is 9.83. The minimum Gasteiger partial charge on any atom is -0.368 e. The first-order valence-electron chi connectivity index (χ1n) is 9.88. The normalized spacial score (nSPS) is 18.9. The second-order valence-corrected chi connectivity index (χ2v) is 7.91. The molecule has 1 saturated heterocycles. The highest BCUT2D eigenvalue weighted by atomic mass is 16.5. The molecule has 140 valence electrons. The van der Waals surface area contributed by atoms with E-state index in [0.717, 1.165) is 56.3 Å². The van der Waals surface area contributed by atoms with Crippen molar-refractivity contribution in [3.8, 4) is 0 Å². The van der Waals surface area contributed by atoms with Gasteiger partial charge < -0.3 is 14.6 Å². The zero-order chi connectivity index (χ0) is 18.6. The van der Waals surface area contributed by atoms with Gasteiger partial charge in [0, 0.05) is 35.2 Å². The van der Waals surface area contributed by atoms with Crippen molar-refractivity contribution < 1.29 is 4.74 Å². The molecule has 27 heavy (non-hydrogen) atoms. The van der Waals surface area contributed by atoms with Crippen LogP contribution in [0.3, 0.4) is 0 Å². The monoisotopic (exact) mass is 362 g/mol. The van der Waals surface area contributed by atoms with Crippen LogP contribution < -0.4 is 4.90 Å². The van der Waals surface area contributed by atoms with Gasteiger partial charge in [0.1, 0.15) is 17.2 Å². The summed E-state index contributed by atoms with van der Waals surface area (Å²) >= 11 is 0. The van der Waals surface area contributed by atoms with Gasteiger partial charge in [-0.15, -0.1) is 0 Å². The Labute approximate surface area is 159 Å². The predicted octanol–water partition coefficient (Wildman–Crippen LogP) is 3.95. The van der Waals surface area contributed by atoms with Crippen molar-refractivity contribution in [3.63, 3.8) is 0 Å². The topological polar surface area (TPSA) is 54.0 Å². The average Bonchev–Trinajstić information content (AvgIpc) is 3.06. The smallest absolute Gasteiger partial charge is 0.135 e. The SMILES string of the molecule is Cc1nc(C)c(C)c(N2CCC3(CC2)OCCc2c3[nH]c3ccccc23)n1. The van der Waals surface area contributed by atoms with Crippen LogP contribution in [0.25, 0.3) is 10.9 Å². The standard InChI is InChI=1S/C22H26N4O/c1-14-15(2)23-16(3)24-21(14)26-11-9-22(10-12-26)20-18(8-13-27-22)17-6-4-5-7-19(17)25-20/h4-7,25H,8-13H2,1-3H3. The summed E-state index contributed by atoms with van der Waals surface area (Å²) < 4.78 is 6.43. The third kappa shape index (κ3) is 2.56. The van der Waals surface area contributed by atoms with Gasteiger partial charge >= 0.3 is 0 Å². The number of nitrogens with zero attached hydrogens (tertiary/aromatic N) is 3. The molecule has 1 fully saturated rings. The van der Waals surface area contributed by atoms with Crippen molar-refractivity contribution in [1.29, 1.82) is 0 Å². The summed E-state index contributed by atoms with van der Waals surface area (Å²) in [5, 5.41) is 1.36. The van der Waals surface area contributed by atoms with Crippen LogP contribution >= 0.6 is 0 Å². The van der Waals surface area contributed by atoms with Gasteiger partial charge in [0.25, 0.3) is 0 Å². The van der Waals surface area contributed by atoms with E-state index in [-0.39, 0.29) is 5.60 Å². The zero-order valence-corrected chi connectivity index (χ0v) is 16.3. The number of rotatable bonds is 1. The highest BCUT2D eigenvalue weighted by Crippen LogP contribution is 2.44. The molecule has 0 unspecified atom stereocenters. The predicted molar refractivity (Wildman–Crippen MR) is 107 cm³/mol. The quantitative estimate of drug-likeness (QED) is 0.712. The number of aromatic nitrogens is 3. The first-order chi connectivity index (χ1) is 13.1. The highest BCUT2D eigenvalue weighted by molar-refractivity contribution is 5.85. The molecule has 0 radical (unpaired) electrons. The summed E-state index contributed by atoms with van der Waals surface area (Å²) in [6, 6.07) is 8.63. The van der Waals surface area contributed by atoms with Gasteiger partial charge in [-0.1, -0.05) is 18.2 Å². The van der Waals surface area contributed by atoms with Gasteiger partial charge in [-0.3, -0.25) is 0 Å². The lowest BCUT2D eigenvalue weighted by molar-refractivity contribution is -0.0791. The Kier molecular flexibility index (Phi) is 3.76. The molecule has 2 aliphatic heterocycles. The number of para-hydroxylation sites is 1. The Balaban J connectivity index is 1.48. The van der Waals surface area contributed by atoms with Crippen molar-refractivity contribution in [1.82, 2.24) is 15.0 Å². The Bertz CT molecular complexity index is 1010. The Morgan fingerprint density at radius 2 is 1.85 bits per heavy atom. The fraction of sp³-hybridized carbons (Fsp3) is 0.455. The number of piperidine rings is 1. The minimum absolute atomic E-state index is 0.186. The molecule has 0 aliphatic carbocycles. The van der Waals surface area contributed by atoms with Crippen LogP contribution in [-0.2, 0) is 16.8 Å². The van der Waals surface area contributed by atoms with Crippen LogP contribution in [-0.4, -0.2) is 34.6 Å². The van der Waals surface area contributed by atoms with Gasteiger partial charge in [0.2, 0.25) is 0 Å². The van der Waals surface area contributed by atoms with Gasteiger partial charge in [0.05, 0.1) is 12.3 Å². The third-order valence-corrected chi connectivity index (χ3v) is 6.35. The zero-order valence-electron chi connectivity index (χ0n) is 16.3. The molecule has 2 aliphatic rings. The van der Waals surface area contributed by atoms with Gasteiger partial charge in [-0.25, -0.2) is 9.97 Å². The summed E-state index contributed by atoms with van der Waals surface area (Å²) in [5.74, 6) is 1.93. The van der Waals surface area contributed by atoms with Crippen LogP contribution in [0.1, 0.15) is 41.2 Å². The second-order valence-electron chi connectivity index (χ2n) is 7.91. The number of ether oxygens (including phenoxy) is 1. The van der Waals surface area contributed by atoms with E-state index in [1.54, 1.807) is 0 Å². The number of hydrogen-bond acceptors (Lipinski definition) is 4. The molecule has 0 bridgehead atoms. The highest BCUT2D eigenvalue weighted by Gasteiger charge is 2.43. The van der Waals surface area contributed by atoms with E-state index < -0.39 is 0 Å². The summed E-state index contributed by atoms with van der Waals surface area (Å²) in [5.41, 5.74) is 6.06. The molecule has 1 spiro atoms. The Morgan fingerprint density at radius 3 is 2.67 bits per heavy atom. The maximum absolute atomic E-state index is 6.43. The number of aryl methyl sites for hydroxylation is 2. The summed E-state index contributed by atoms with van der Waals surface area (Å²) in [7, 11) is 0. The van der Waals surface area contributed by atoms with E-state index in [9.17, 15) is 0 Å². The average molecular weight is 362 g/mol. The van der Waals surface area contributed by atoms with Crippen LogP contribution in [0.5, 0.6) is 0 Å². The van der Waals surface area contributed by atoms with Gasteiger partial charge in [0.15, 0.2) is 0 Å². The lowest BCUT2D eigenvalue weighted by Crippen LogP contribution is -2.47. The summed E-state index contributed by atoms with van der Waals surface area (Å²) in [6.07, 6.45) is 2.96. The van der Waals surface area contributed by atoms with Crippen LogP contribution in [0.2, 0.25) is 0 Å². The summed E-state index contributed by atoms with van der Waals surface area (Å²) in [6.45, 7) is 8.88. The van der Waals surface area contributed by atoms with E-state index >= 15 is 0 Å². The van der Waals surface area contributed by atoms with Crippen molar-refractivity contribution in [3.05, 3.63) is 52.6 Å². The van der Waals surface area contributed by atoms with Crippen LogP contribution in [0.4, 0.5) is 5.82 Å². The Hall–Kier alpha value is -2.40. The van der Waals surface area contributed by atoms with Gasteiger partial charge in [-0.2, -0.15) is 0 Å². The molecule has 0 amide bonds. The number of anilines is 1. The summed E-state index contributed by atoms with van der Waals surface area (Å²) in [4.78, 5) is 15.3. The van der Waals surface area contributed by atoms with Gasteiger partial charge in [-0.05, 0) is 51.7 Å². The fourth-order valence-electron chi connectivity index (χ4n) is 4.80. The maximum atomic E-state index is 6.43. The van der Waals surface area contributed by atoms with E-state index in [2.05, 4.69) is 53.0 Å². The molecule has 4 heterocycles. The first-order valence-corrected chi connectivity index (χ1v) is 9.88. The first kappa shape index (κ1) is 16.8. The maximum Gasteiger partial charge on any atom is 0.135 e. The number of benzene rings is 1. The fourth-order valence-corrected chi connectivity index (χ4v) is 4.80. The number of H-pyrrole nitrogens is 1. The van der Waals surface area contributed by atoms with Crippen LogP contribution in [0, 0.1) is 20.8 Å². The van der Waals surface area contributed by atoms with E-state index in [4.69, 9.17) is 9.72 Å². The number of nitrogens with one attached hydrogen (secondary N) is 1. The Morgan fingerprint density at radius 1 is 1.07 bits per heavy atom. The molecular weight excluding hydrogens is 336 g/mol. The van der Waals surface area contributed by atoms with Crippen molar-refractivity contribution in [2.45, 2.75) is 45.6 Å². The minimum atomic E-state index is -0.186. The number of fused-ring (bicyclic) bond motifs is 4. The van der Waals surface area contributed by atoms with Crippen molar-refractivity contribution in [2.75, 3.05) is 24.6 Å². The number of aromatic amines is 1. The second kappa shape index (κ2) is 6.06. The molecule has 1 N–H and O–H groups in total. The molecule has 1 aromatic carbocycles. The third-order valence-electron chi connectivity index (χ3n) is 6.35. The van der Waals surface area contributed by atoms with E-state index in [1.165, 1.54) is 27.7 Å². The van der Waals surface area contributed by atoms with Crippen molar-refractivity contribution in [2.24, 2.45) is 0 Å².